The van der Waals surface area contributed by atoms with Crippen molar-refractivity contribution in [2.24, 2.45) is 0 Å². The summed E-state index contributed by atoms with van der Waals surface area (Å²) in [6.45, 7) is 5.26. The van der Waals surface area contributed by atoms with Crippen molar-refractivity contribution in [1.82, 2.24) is 20.2 Å². The van der Waals surface area contributed by atoms with Crippen LogP contribution in [0.15, 0.2) is 24.3 Å². The number of piperidine rings is 1. The van der Waals surface area contributed by atoms with Gasteiger partial charge in [0.15, 0.2) is 0 Å². The summed E-state index contributed by atoms with van der Waals surface area (Å²) in [4.78, 5) is 25.7. The number of nitrogens with zero attached hydrogens (tertiary/aromatic N) is 4. The molecule has 1 N–H and O–H groups in total. The molecule has 3 heterocycles. The van der Waals surface area contributed by atoms with E-state index in [0.717, 1.165) is 37.2 Å². The van der Waals surface area contributed by atoms with Crippen LogP contribution in [0.25, 0.3) is 0 Å². The van der Waals surface area contributed by atoms with Gasteiger partial charge in [0.2, 0.25) is 11.8 Å². The van der Waals surface area contributed by atoms with Crippen molar-refractivity contribution in [3.8, 4) is 11.6 Å². The highest BCUT2D eigenvalue weighted by Crippen LogP contribution is 2.32. The monoisotopic (exact) mass is 399 g/mol. The highest BCUT2D eigenvalue weighted by atomic mass is 19.1. The fraction of sp³-hybridized carbons (Fsp3) is 0.476. The van der Waals surface area contributed by atoms with Gasteiger partial charge >= 0.3 is 6.03 Å². The van der Waals surface area contributed by atoms with Crippen LogP contribution < -0.4 is 15.0 Å². The van der Waals surface area contributed by atoms with E-state index < -0.39 is 0 Å². The van der Waals surface area contributed by atoms with Crippen molar-refractivity contribution >= 4 is 12.0 Å². The number of ether oxygens (including phenoxy) is 1. The molecule has 2 amide bonds. The molecule has 0 aliphatic carbocycles. The van der Waals surface area contributed by atoms with Gasteiger partial charge in [-0.15, -0.1) is 0 Å². The van der Waals surface area contributed by atoms with Crippen LogP contribution in [0.2, 0.25) is 0 Å². The normalized spacial score (nSPS) is 16.3. The van der Waals surface area contributed by atoms with Gasteiger partial charge in [-0.2, -0.15) is 4.98 Å². The van der Waals surface area contributed by atoms with Gasteiger partial charge in [0.1, 0.15) is 11.6 Å². The predicted octanol–water partition coefficient (Wildman–Crippen LogP) is 3.49. The SMILES string of the molecule is CCNC(=O)N1CCc2nc(N3CCCCC3)nc(Oc3cccc(F)c3)c2C1. The maximum atomic E-state index is 13.6. The summed E-state index contributed by atoms with van der Waals surface area (Å²) in [6, 6.07) is 5.89. The topological polar surface area (TPSA) is 70.6 Å². The van der Waals surface area contributed by atoms with Crippen molar-refractivity contribution in [1.29, 1.82) is 0 Å². The number of carbonyl (C=O) groups excluding carboxylic acids is 1. The van der Waals surface area contributed by atoms with Gasteiger partial charge in [-0.3, -0.25) is 0 Å². The lowest BCUT2D eigenvalue weighted by atomic mass is 10.1. The Labute approximate surface area is 169 Å². The van der Waals surface area contributed by atoms with Gasteiger partial charge in [-0.05, 0) is 38.3 Å². The lowest BCUT2D eigenvalue weighted by molar-refractivity contribution is 0.191. The minimum absolute atomic E-state index is 0.116. The lowest BCUT2D eigenvalue weighted by Gasteiger charge is -2.31. The third-order valence-corrected chi connectivity index (χ3v) is 5.28. The minimum Gasteiger partial charge on any atom is -0.438 e. The standard InChI is InChI=1S/C21H26FN5O2/c1-2-23-21(28)27-12-9-18-17(14-27)19(29-16-8-6-7-15(22)13-16)25-20(24-18)26-10-4-3-5-11-26/h6-8,13H,2-5,9-12,14H2,1H3,(H,23,28). The molecule has 8 heteroatoms. The highest BCUT2D eigenvalue weighted by molar-refractivity contribution is 5.74. The molecule has 2 aromatic rings. The Bertz CT molecular complexity index is 885. The fourth-order valence-corrected chi connectivity index (χ4v) is 3.77. The molecule has 0 spiro atoms. The molecule has 2 aliphatic heterocycles. The molecular weight excluding hydrogens is 373 g/mol. The van der Waals surface area contributed by atoms with Gasteiger partial charge in [0.25, 0.3) is 0 Å². The number of benzene rings is 1. The Balaban J connectivity index is 1.68. The Morgan fingerprint density at radius 3 is 2.79 bits per heavy atom. The van der Waals surface area contributed by atoms with Crippen LogP contribution in [-0.4, -0.2) is 47.1 Å². The number of amides is 2. The third-order valence-electron chi connectivity index (χ3n) is 5.28. The van der Waals surface area contributed by atoms with Crippen molar-refractivity contribution in [2.75, 3.05) is 31.1 Å². The molecule has 1 aromatic carbocycles. The van der Waals surface area contributed by atoms with Crippen molar-refractivity contribution in [3.63, 3.8) is 0 Å². The number of halogens is 1. The Morgan fingerprint density at radius 1 is 1.21 bits per heavy atom. The van der Waals surface area contributed by atoms with E-state index in [4.69, 9.17) is 9.72 Å². The van der Waals surface area contributed by atoms with Crippen LogP contribution in [-0.2, 0) is 13.0 Å². The smallest absolute Gasteiger partial charge is 0.317 e. The molecule has 2 aliphatic rings. The van der Waals surface area contributed by atoms with E-state index in [0.29, 0.717) is 43.6 Å². The molecule has 4 rings (SSSR count). The van der Waals surface area contributed by atoms with E-state index in [-0.39, 0.29) is 11.8 Å². The van der Waals surface area contributed by atoms with Crippen LogP contribution in [0.5, 0.6) is 11.6 Å². The predicted molar refractivity (Wildman–Crippen MR) is 108 cm³/mol. The van der Waals surface area contributed by atoms with E-state index in [9.17, 15) is 9.18 Å². The molecule has 1 fully saturated rings. The molecular formula is C21H26FN5O2. The van der Waals surface area contributed by atoms with E-state index in [1.165, 1.54) is 18.6 Å². The molecule has 0 bridgehead atoms. The first kappa shape index (κ1) is 19.4. The van der Waals surface area contributed by atoms with Crippen LogP contribution in [0.3, 0.4) is 0 Å². The van der Waals surface area contributed by atoms with E-state index in [1.54, 1.807) is 17.0 Å². The molecule has 0 unspecified atom stereocenters. The first-order valence-corrected chi connectivity index (χ1v) is 10.2. The maximum Gasteiger partial charge on any atom is 0.317 e. The number of anilines is 1. The quantitative estimate of drug-likeness (QED) is 0.852. The van der Waals surface area contributed by atoms with Crippen LogP contribution >= 0.6 is 0 Å². The van der Waals surface area contributed by atoms with Gasteiger partial charge in [-0.25, -0.2) is 14.2 Å². The second-order valence-electron chi connectivity index (χ2n) is 7.37. The highest BCUT2D eigenvalue weighted by Gasteiger charge is 2.28. The second kappa shape index (κ2) is 8.63. The average molecular weight is 399 g/mol. The van der Waals surface area contributed by atoms with Crippen molar-refractivity contribution < 1.29 is 13.9 Å². The summed E-state index contributed by atoms with van der Waals surface area (Å²) < 4.78 is 19.7. The number of hydrogen-bond acceptors (Lipinski definition) is 5. The fourth-order valence-electron chi connectivity index (χ4n) is 3.77. The summed E-state index contributed by atoms with van der Waals surface area (Å²) in [6.07, 6.45) is 4.09. The molecule has 154 valence electrons. The summed E-state index contributed by atoms with van der Waals surface area (Å²) in [5, 5.41) is 2.83. The zero-order valence-electron chi connectivity index (χ0n) is 16.7. The number of carbonyl (C=O) groups is 1. The zero-order valence-corrected chi connectivity index (χ0v) is 16.7. The summed E-state index contributed by atoms with van der Waals surface area (Å²) in [5.41, 5.74) is 1.68. The van der Waals surface area contributed by atoms with Crippen molar-refractivity contribution in [2.45, 2.75) is 39.2 Å². The average Bonchev–Trinajstić information content (AvgIpc) is 2.74. The molecule has 0 saturated carbocycles. The number of urea groups is 1. The summed E-state index contributed by atoms with van der Waals surface area (Å²) in [5.74, 6) is 1.06. The third kappa shape index (κ3) is 4.41. The minimum atomic E-state index is -0.370. The van der Waals surface area contributed by atoms with E-state index in [2.05, 4.69) is 15.2 Å². The first-order chi connectivity index (χ1) is 14.1. The first-order valence-electron chi connectivity index (χ1n) is 10.2. The molecule has 0 atom stereocenters. The molecule has 1 aromatic heterocycles. The number of nitrogens with one attached hydrogen (secondary N) is 1. The van der Waals surface area contributed by atoms with Gasteiger partial charge in [0, 0.05) is 38.7 Å². The lowest BCUT2D eigenvalue weighted by Crippen LogP contribution is -2.43. The largest absolute Gasteiger partial charge is 0.438 e. The number of hydrogen-bond donors (Lipinski definition) is 1. The number of rotatable bonds is 4. The Kier molecular flexibility index (Phi) is 5.78. The van der Waals surface area contributed by atoms with Crippen LogP contribution in [0.1, 0.15) is 37.4 Å². The number of aromatic nitrogens is 2. The summed E-state index contributed by atoms with van der Waals surface area (Å²) in [7, 11) is 0. The Morgan fingerprint density at radius 2 is 2.03 bits per heavy atom. The van der Waals surface area contributed by atoms with Gasteiger partial charge < -0.3 is 19.9 Å². The molecule has 0 radical (unpaired) electrons. The van der Waals surface area contributed by atoms with E-state index in [1.807, 2.05) is 6.92 Å². The van der Waals surface area contributed by atoms with E-state index >= 15 is 0 Å². The van der Waals surface area contributed by atoms with Crippen LogP contribution in [0, 0.1) is 5.82 Å². The zero-order chi connectivity index (χ0) is 20.2. The van der Waals surface area contributed by atoms with Crippen LogP contribution in [0.4, 0.5) is 15.1 Å². The van der Waals surface area contributed by atoms with Gasteiger partial charge in [-0.1, -0.05) is 6.07 Å². The summed E-state index contributed by atoms with van der Waals surface area (Å²) >= 11 is 0. The molecule has 1 saturated heterocycles. The molecule has 29 heavy (non-hydrogen) atoms. The second-order valence-corrected chi connectivity index (χ2v) is 7.37. The van der Waals surface area contributed by atoms with Crippen molar-refractivity contribution in [3.05, 3.63) is 41.3 Å². The molecule has 7 nitrogen and oxygen atoms in total. The van der Waals surface area contributed by atoms with Gasteiger partial charge in [0.05, 0.1) is 17.8 Å². The maximum absolute atomic E-state index is 13.6. The Hall–Kier alpha value is -2.90. The number of fused-ring (bicyclic) bond motifs is 1.